The average molecular weight is 1070 g/mol. The van der Waals surface area contributed by atoms with Crippen LogP contribution < -0.4 is 26.0 Å². The number of amidine groups is 4. The van der Waals surface area contributed by atoms with E-state index in [0.29, 0.717) is 22.5 Å². The maximum atomic E-state index is 12.9. The molecule has 0 aromatic heterocycles. The number of hydrogen-bond acceptors (Lipinski definition) is 9. The number of aryl methyl sites for hydroxylation is 1. The number of anilines is 2. The Bertz CT molecular complexity index is 3210. The number of nitrogens with zero attached hydrogens (tertiary/aromatic N) is 10. The molecule has 0 aliphatic carbocycles. The summed E-state index contributed by atoms with van der Waals surface area (Å²) in [6.07, 6.45) is -1.75. The molecular formula is C55H50F6N12OS2. The standard InChI is InChI=1S/C55H50F6N12OS2/c1-3-40-13-12-39(31-49(40)73-27-29-76-53(73)71-69-33-38-10-16-42(17-11-38)51(63)67-35-65-45-22-24-46(25-23-45)74-55(59,60)61)30-36(2)47-6-4-5-7-48(47)72-26-28-75-52(72)70-68-32-37-8-14-41(15-9-37)50(62)66-34-64-44-20-18-43(19-21-44)54(56,57)58/h4-25,31-36H,3,26-30H2,1-2H3,(H2,62,64,66)(H2,63,65,67)/b68-32-,69-33-,70-52+,71-53+. The highest BCUT2D eigenvalue weighted by Gasteiger charge is 2.32. The molecule has 8 rings (SSSR count). The van der Waals surface area contributed by atoms with Gasteiger partial charge in [-0.2, -0.15) is 23.4 Å². The fourth-order valence-electron chi connectivity index (χ4n) is 8.02. The van der Waals surface area contributed by atoms with Crippen LogP contribution in [-0.2, 0) is 19.0 Å². The van der Waals surface area contributed by atoms with Crippen LogP contribution in [0.15, 0.2) is 180 Å². The molecule has 0 saturated carbocycles. The number of benzene rings is 6. The van der Waals surface area contributed by atoms with Crippen molar-refractivity contribution >= 4 is 93.4 Å². The van der Waals surface area contributed by atoms with Gasteiger partial charge in [0.1, 0.15) is 30.1 Å². The quantitative estimate of drug-likeness (QED) is 0.0397. The molecule has 2 aliphatic rings. The van der Waals surface area contributed by atoms with Crippen LogP contribution in [0, 0.1) is 0 Å². The SMILES string of the molecule is CCc1ccc(CC(C)c2ccccc2N2CCS/C2=N/N=C\c2ccc(C(N)=NC=Nc3ccc(C(F)(F)F)cc3)cc2)cc1N1CCS/C1=N/N=C\c1ccc(C(N)=NC=Nc2ccc(OC(F)(F)F)cc2)cc1. The number of thioether (sulfide) groups is 2. The summed E-state index contributed by atoms with van der Waals surface area (Å²) in [5, 5.41) is 19.8. The van der Waals surface area contributed by atoms with Crippen molar-refractivity contribution in [2.75, 3.05) is 34.4 Å². The third-order valence-electron chi connectivity index (χ3n) is 11.9. The van der Waals surface area contributed by atoms with Crippen LogP contribution in [0.3, 0.4) is 0 Å². The van der Waals surface area contributed by atoms with Crippen molar-refractivity contribution in [3.05, 3.63) is 184 Å². The lowest BCUT2D eigenvalue weighted by molar-refractivity contribution is -0.274. The number of para-hydroxylation sites is 1. The van der Waals surface area contributed by atoms with Crippen molar-refractivity contribution < 1.29 is 31.1 Å². The zero-order valence-corrected chi connectivity index (χ0v) is 42.7. The lowest BCUT2D eigenvalue weighted by atomic mass is 9.91. The van der Waals surface area contributed by atoms with Gasteiger partial charge < -0.3 is 26.0 Å². The molecule has 0 bridgehead atoms. The van der Waals surface area contributed by atoms with E-state index < -0.39 is 18.1 Å². The Balaban J connectivity index is 0.877. The molecule has 76 heavy (non-hydrogen) atoms. The highest BCUT2D eigenvalue weighted by atomic mass is 32.2. The summed E-state index contributed by atoms with van der Waals surface area (Å²) in [6, 6.07) is 39.2. The Labute approximate surface area is 443 Å². The fourth-order valence-corrected chi connectivity index (χ4v) is 9.83. The number of halogens is 6. The molecule has 6 aromatic rings. The third-order valence-corrected chi connectivity index (χ3v) is 13.8. The van der Waals surface area contributed by atoms with Gasteiger partial charge in [-0.15, -0.1) is 23.4 Å². The van der Waals surface area contributed by atoms with E-state index in [9.17, 15) is 26.3 Å². The second-order valence-electron chi connectivity index (χ2n) is 17.1. The number of ether oxygens (including phenoxy) is 1. The first kappa shape index (κ1) is 54.2. The summed E-state index contributed by atoms with van der Waals surface area (Å²) >= 11 is 3.31. The molecule has 0 amide bonds. The van der Waals surface area contributed by atoms with E-state index in [-0.39, 0.29) is 23.3 Å². The van der Waals surface area contributed by atoms with Crippen molar-refractivity contribution in [1.82, 2.24) is 0 Å². The normalized spacial score (nSPS) is 16.5. The summed E-state index contributed by atoms with van der Waals surface area (Å²) < 4.78 is 79.8. The predicted molar refractivity (Wildman–Crippen MR) is 299 cm³/mol. The van der Waals surface area contributed by atoms with Crippen LogP contribution in [0.2, 0.25) is 0 Å². The zero-order chi connectivity index (χ0) is 53.7. The number of aliphatic imine (C=N–C) groups is 4. The van der Waals surface area contributed by atoms with E-state index in [1.165, 1.54) is 53.6 Å². The van der Waals surface area contributed by atoms with Crippen LogP contribution in [-0.4, -0.2) is 78.1 Å². The zero-order valence-electron chi connectivity index (χ0n) is 41.0. The fraction of sp³-hybridized carbons (Fsp3) is 0.200. The summed E-state index contributed by atoms with van der Waals surface area (Å²) in [4.78, 5) is 21.0. The van der Waals surface area contributed by atoms with Gasteiger partial charge in [0.25, 0.3) is 0 Å². The van der Waals surface area contributed by atoms with Crippen molar-refractivity contribution in [3.8, 4) is 5.75 Å². The molecule has 390 valence electrons. The molecule has 1 unspecified atom stereocenters. The minimum atomic E-state index is -4.78. The van der Waals surface area contributed by atoms with Gasteiger partial charge in [0, 0.05) is 47.1 Å². The highest BCUT2D eigenvalue weighted by molar-refractivity contribution is 8.14. The Morgan fingerprint density at radius 3 is 1.67 bits per heavy atom. The molecular weight excluding hydrogens is 1020 g/mol. The molecule has 6 aromatic carbocycles. The smallest absolute Gasteiger partial charge is 0.406 e. The van der Waals surface area contributed by atoms with Crippen LogP contribution in [0.4, 0.5) is 49.1 Å². The first-order chi connectivity index (χ1) is 36.6. The van der Waals surface area contributed by atoms with Gasteiger partial charge in [-0.3, -0.25) is 0 Å². The molecule has 13 nitrogen and oxygen atoms in total. The van der Waals surface area contributed by atoms with E-state index in [2.05, 4.69) is 105 Å². The number of rotatable bonds is 17. The first-order valence-corrected chi connectivity index (χ1v) is 25.8. The second kappa shape index (κ2) is 25.0. The van der Waals surface area contributed by atoms with Gasteiger partial charge in [0.15, 0.2) is 10.3 Å². The van der Waals surface area contributed by atoms with Gasteiger partial charge in [-0.1, -0.05) is 116 Å². The van der Waals surface area contributed by atoms with Gasteiger partial charge in [-0.05, 0) is 107 Å². The lowest BCUT2D eigenvalue weighted by Gasteiger charge is -2.25. The molecule has 1 atom stereocenters. The van der Waals surface area contributed by atoms with Crippen LogP contribution in [0.1, 0.15) is 64.3 Å². The molecule has 2 saturated heterocycles. The Morgan fingerprint density at radius 2 is 1.16 bits per heavy atom. The molecule has 2 heterocycles. The maximum absolute atomic E-state index is 12.9. The molecule has 0 radical (unpaired) electrons. The average Bonchev–Trinajstić information content (AvgIpc) is 4.09. The number of hydrogen-bond donors (Lipinski definition) is 2. The number of nitrogens with two attached hydrogens (primary N) is 2. The monoisotopic (exact) mass is 1070 g/mol. The topological polar surface area (TPSA) is 167 Å². The molecule has 21 heteroatoms. The Hall–Kier alpha value is -8.04. The maximum Gasteiger partial charge on any atom is 0.573 e. The van der Waals surface area contributed by atoms with Gasteiger partial charge in [0.2, 0.25) is 0 Å². The van der Waals surface area contributed by atoms with Gasteiger partial charge in [0.05, 0.1) is 29.4 Å². The van der Waals surface area contributed by atoms with Crippen LogP contribution >= 0.6 is 23.5 Å². The van der Waals surface area contributed by atoms with Gasteiger partial charge in [-0.25, -0.2) is 20.0 Å². The second-order valence-corrected chi connectivity index (χ2v) is 19.2. The largest absolute Gasteiger partial charge is 0.573 e. The molecule has 0 spiro atoms. The van der Waals surface area contributed by atoms with Crippen LogP contribution in [0.25, 0.3) is 0 Å². The van der Waals surface area contributed by atoms with Gasteiger partial charge >= 0.3 is 12.5 Å². The molecule has 4 N–H and O–H groups in total. The van der Waals surface area contributed by atoms with E-state index in [4.69, 9.17) is 11.5 Å². The van der Waals surface area contributed by atoms with E-state index in [1.807, 2.05) is 30.3 Å². The predicted octanol–water partition coefficient (Wildman–Crippen LogP) is 12.5. The van der Waals surface area contributed by atoms with Crippen molar-refractivity contribution in [3.63, 3.8) is 0 Å². The minimum absolute atomic E-state index is 0.167. The Morgan fingerprint density at radius 1 is 0.645 bits per heavy atom. The minimum Gasteiger partial charge on any atom is -0.406 e. The summed E-state index contributed by atoms with van der Waals surface area (Å²) in [5.41, 5.74) is 21.0. The summed E-state index contributed by atoms with van der Waals surface area (Å²) in [7, 11) is 0. The Kier molecular flexibility index (Phi) is 17.8. The summed E-state index contributed by atoms with van der Waals surface area (Å²) in [6.45, 7) is 5.98. The third kappa shape index (κ3) is 14.8. The lowest BCUT2D eigenvalue weighted by Crippen LogP contribution is -2.25. The van der Waals surface area contributed by atoms with Crippen molar-refractivity contribution in [1.29, 1.82) is 0 Å². The molecule has 2 aliphatic heterocycles. The van der Waals surface area contributed by atoms with Crippen LogP contribution in [0.5, 0.6) is 5.75 Å². The molecule has 2 fully saturated rings. The van der Waals surface area contributed by atoms with E-state index in [0.717, 1.165) is 94.5 Å². The highest BCUT2D eigenvalue weighted by Crippen LogP contribution is 2.37. The summed E-state index contributed by atoms with van der Waals surface area (Å²) in [5.74, 6) is 1.96. The van der Waals surface area contributed by atoms with E-state index in [1.54, 1.807) is 60.2 Å². The van der Waals surface area contributed by atoms with Crippen molar-refractivity contribution in [2.24, 2.45) is 51.8 Å². The van der Waals surface area contributed by atoms with E-state index >= 15 is 0 Å². The number of alkyl halides is 6. The first-order valence-electron chi connectivity index (χ1n) is 23.8. The van der Waals surface area contributed by atoms with Crippen molar-refractivity contribution in [2.45, 2.75) is 45.1 Å².